The Balaban J connectivity index is 0.000000318. The molecule has 0 aliphatic rings. The van der Waals surface area contributed by atoms with E-state index in [-0.39, 0.29) is 6.04 Å². The molecule has 9 rings (SSSR count). The number of hydrogen-bond acceptors (Lipinski definition) is 2. The lowest BCUT2D eigenvalue weighted by Gasteiger charge is -2.28. The fraction of sp³-hybridized carbons (Fsp3) is 0.0566. The van der Waals surface area contributed by atoms with E-state index in [9.17, 15) is 0 Å². The van der Waals surface area contributed by atoms with Crippen molar-refractivity contribution in [3.8, 4) is 11.1 Å². The molecule has 9 aromatic rings. The molecule has 5 nitrogen and oxygen atoms in total. The minimum absolute atomic E-state index is 0.266. The highest BCUT2D eigenvalue weighted by Gasteiger charge is 2.28. The van der Waals surface area contributed by atoms with Crippen LogP contribution < -0.4 is 37.6 Å². The zero-order chi connectivity index (χ0) is 42.6. The molecule has 8 heteroatoms. The summed E-state index contributed by atoms with van der Waals surface area (Å²) in [4.78, 5) is 21.6. The zero-order valence-corrected chi connectivity index (χ0v) is 36.5. The first-order valence-corrected chi connectivity index (χ1v) is 24.3. The van der Waals surface area contributed by atoms with E-state index >= 15 is 0 Å². The van der Waals surface area contributed by atoms with Gasteiger partial charge in [0.25, 0.3) is 0 Å². The molecular weight excluding hydrogens is 808 g/mol. The molecule has 61 heavy (non-hydrogen) atoms. The topological polar surface area (TPSA) is 104 Å². The smallest absolute Gasteiger partial charge is 0.328 e. The molecule has 0 heterocycles. The average molecular weight is 856 g/mol. The van der Waals surface area contributed by atoms with Gasteiger partial charge in [0.15, 0.2) is 0 Å². The second kappa shape index (κ2) is 20.8. The standard InChI is InChI=1S/C44H32P2.C9H13N.H3O4P/c1-5-19-35(20-6-1)45(36-21-7-2-8-22-36)41-31-29-33-17-13-15-27-39(33)43(41)44-40-28-16-14-18-34(40)30-32-42(44)46(37-23-9-3-10-24-37)38-25-11-4-12-26-38;1-8(10)7-9-5-3-2-4-6-9;1-5(2,3)4/h1-32H;2-6,8H,7,10H2,1H3;(H3,1,2,3,4). The van der Waals surface area contributed by atoms with Gasteiger partial charge < -0.3 is 20.4 Å². The van der Waals surface area contributed by atoms with E-state index in [4.69, 9.17) is 25.0 Å². The molecule has 0 bridgehead atoms. The normalized spacial score (nSPS) is 11.7. The maximum atomic E-state index is 8.88. The van der Waals surface area contributed by atoms with Crippen molar-refractivity contribution in [3.63, 3.8) is 0 Å². The van der Waals surface area contributed by atoms with Crippen LogP contribution in [0.15, 0.2) is 224 Å². The molecule has 0 aliphatic carbocycles. The molecule has 1 atom stereocenters. The molecule has 0 aromatic heterocycles. The van der Waals surface area contributed by atoms with Gasteiger partial charge in [0, 0.05) is 6.04 Å². The van der Waals surface area contributed by atoms with Gasteiger partial charge in [-0.3, -0.25) is 0 Å². The maximum Gasteiger partial charge on any atom is 0.466 e. The van der Waals surface area contributed by atoms with Crippen molar-refractivity contribution in [2.75, 3.05) is 0 Å². The van der Waals surface area contributed by atoms with E-state index < -0.39 is 23.7 Å². The van der Waals surface area contributed by atoms with Crippen LogP contribution >= 0.6 is 23.7 Å². The van der Waals surface area contributed by atoms with Gasteiger partial charge in [-0.2, -0.15) is 0 Å². The first kappa shape index (κ1) is 43.5. The molecule has 0 aliphatic heterocycles. The number of fused-ring (bicyclic) bond motifs is 2. The van der Waals surface area contributed by atoms with E-state index in [1.165, 1.54) is 70.1 Å². The van der Waals surface area contributed by atoms with Crippen molar-refractivity contribution in [3.05, 3.63) is 230 Å². The van der Waals surface area contributed by atoms with Gasteiger partial charge in [-0.05, 0) is 99.3 Å². The molecule has 1 unspecified atom stereocenters. The Bertz CT molecular complexity index is 2570. The van der Waals surface area contributed by atoms with Crippen LogP contribution in [0.25, 0.3) is 32.7 Å². The summed E-state index contributed by atoms with van der Waals surface area (Å²) in [6.07, 6.45) is 0.973. The third-order valence-corrected chi connectivity index (χ3v) is 15.0. The van der Waals surface area contributed by atoms with Gasteiger partial charge in [0.1, 0.15) is 0 Å². The summed E-state index contributed by atoms with van der Waals surface area (Å²) < 4.78 is 8.88. The van der Waals surface area contributed by atoms with Gasteiger partial charge in [0.2, 0.25) is 0 Å². The first-order valence-electron chi connectivity index (χ1n) is 20.1. The molecule has 0 radical (unpaired) electrons. The van der Waals surface area contributed by atoms with Crippen LogP contribution in [0.1, 0.15) is 12.5 Å². The Hall–Kier alpha value is -5.57. The largest absolute Gasteiger partial charge is 0.466 e. The second-order valence-corrected chi connectivity index (χ2v) is 20.0. The Morgan fingerprint density at radius 1 is 0.426 bits per heavy atom. The predicted octanol–water partition coefficient (Wildman–Crippen LogP) is 9.82. The Morgan fingerprint density at radius 2 is 0.705 bits per heavy atom. The third kappa shape index (κ3) is 11.4. The van der Waals surface area contributed by atoms with Crippen LogP contribution in [0.2, 0.25) is 0 Å². The lowest BCUT2D eigenvalue weighted by Crippen LogP contribution is -2.26. The number of hydrogen-bond donors (Lipinski definition) is 4. The van der Waals surface area contributed by atoms with Crippen molar-refractivity contribution in [2.45, 2.75) is 19.4 Å². The third-order valence-electron chi connectivity index (χ3n) is 10.0. The second-order valence-electron chi connectivity index (χ2n) is 14.6. The lowest BCUT2D eigenvalue weighted by atomic mass is 9.93. The van der Waals surface area contributed by atoms with E-state index in [0.717, 1.165) is 6.42 Å². The molecule has 0 saturated heterocycles. The Kier molecular flexibility index (Phi) is 14.8. The molecule has 0 fully saturated rings. The summed E-state index contributed by atoms with van der Waals surface area (Å²) in [5.74, 6) is 0. The summed E-state index contributed by atoms with van der Waals surface area (Å²) in [6, 6.07) is 82.4. The fourth-order valence-electron chi connectivity index (χ4n) is 7.57. The quantitative estimate of drug-likeness (QED) is 0.108. The average Bonchev–Trinajstić information content (AvgIpc) is 3.28. The maximum absolute atomic E-state index is 8.88. The minimum atomic E-state index is -4.64. The van der Waals surface area contributed by atoms with Crippen molar-refractivity contribution < 1.29 is 19.2 Å². The SMILES string of the molecule is CC(N)Cc1ccccc1.O=P(O)(O)O.c1ccc(P(c2ccccc2)c2ccc3ccccc3c2-c2c(P(c3ccccc3)c3ccccc3)ccc3ccccc23)cc1. The highest BCUT2D eigenvalue weighted by Crippen LogP contribution is 2.45. The van der Waals surface area contributed by atoms with Gasteiger partial charge in [0.05, 0.1) is 0 Å². The van der Waals surface area contributed by atoms with Crippen LogP contribution in [-0.4, -0.2) is 20.7 Å². The van der Waals surface area contributed by atoms with Gasteiger partial charge in [-0.15, -0.1) is 0 Å². The molecule has 304 valence electrons. The number of benzene rings is 9. The molecule has 0 saturated carbocycles. The Morgan fingerprint density at radius 3 is 1.02 bits per heavy atom. The summed E-state index contributed by atoms with van der Waals surface area (Å²) in [5.41, 5.74) is 9.64. The lowest BCUT2D eigenvalue weighted by molar-refractivity contribution is 0.275. The molecule has 0 amide bonds. The van der Waals surface area contributed by atoms with E-state index in [0.29, 0.717) is 0 Å². The van der Waals surface area contributed by atoms with Gasteiger partial charge >= 0.3 is 7.82 Å². The number of rotatable bonds is 9. The number of nitrogens with two attached hydrogens (primary N) is 1. The highest BCUT2D eigenvalue weighted by molar-refractivity contribution is 7.80. The highest BCUT2D eigenvalue weighted by atomic mass is 31.2. The first-order chi connectivity index (χ1) is 29.7. The van der Waals surface area contributed by atoms with Crippen molar-refractivity contribution in [2.24, 2.45) is 5.73 Å². The summed E-state index contributed by atoms with van der Waals surface area (Å²) >= 11 is 0. The zero-order valence-electron chi connectivity index (χ0n) is 33.8. The van der Waals surface area contributed by atoms with E-state index in [2.05, 4.69) is 206 Å². The summed E-state index contributed by atoms with van der Waals surface area (Å²) in [6.45, 7) is 2.02. The van der Waals surface area contributed by atoms with Crippen LogP contribution in [0.3, 0.4) is 0 Å². The molecule has 9 aromatic carbocycles. The van der Waals surface area contributed by atoms with Crippen LogP contribution in [0, 0.1) is 0 Å². The van der Waals surface area contributed by atoms with Crippen molar-refractivity contribution in [1.82, 2.24) is 0 Å². The predicted molar refractivity (Wildman–Crippen MR) is 262 cm³/mol. The van der Waals surface area contributed by atoms with Crippen molar-refractivity contribution in [1.29, 1.82) is 0 Å². The minimum Gasteiger partial charge on any atom is -0.328 e. The molecular formula is C53H48NO4P3. The monoisotopic (exact) mass is 855 g/mol. The fourth-order valence-corrected chi connectivity index (χ4v) is 12.5. The summed E-state index contributed by atoms with van der Waals surface area (Å²) in [7, 11) is -6.34. The van der Waals surface area contributed by atoms with Crippen LogP contribution in [0.5, 0.6) is 0 Å². The van der Waals surface area contributed by atoms with Gasteiger partial charge in [-0.1, -0.05) is 224 Å². The van der Waals surface area contributed by atoms with Crippen molar-refractivity contribution >= 4 is 77.0 Å². The summed E-state index contributed by atoms with van der Waals surface area (Å²) in [5, 5.41) is 13.3. The van der Waals surface area contributed by atoms with E-state index in [1.807, 2.05) is 25.1 Å². The van der Waals surface area contributed by atoms with Gasteiger partial charge in [-0.25, -0.2) is 4.57 Å². The Labute approximate surface area is 361 Å². The van der Waals surface area contributed by atoms with Crippen LogP contribution in [0.4, 0.5) is 0 Å². The van der Waals surface area contributed by atoms with Crippen LogP contribution in [-0.2, 0) is 11.0 Å². The molecule has 5 N–H and O–H groups in total. The molecule has 0 spiro atoms. The van der Waals surface area contributed by atoms with E-state index in [1.54, 1.807) is 0 Å². The number of phosphoric acid groups is 1.